The van der Waals surface area contributed by atoms with Crippen molar-refractivity contribution in [2.45, 2.75) is 13.1 Å². The number of piperazine rings is 1. The van der Waals surface area contributed by atoms with E-state index in [9.17, 15) is 0 Å². The predicted molar refractivity (Wildman–Crippen MR) is 86.0 cm³/mol. The van der Waals surface area contributed by atoms with Crippen molar-refractivity contribution < 1.29 is 14.5 Å². The van der Waals surface area contributed by atoms with Crippen LogP contribution in [0.25, 0.3) is 0 Å². The lowest BCUT2D eigenvalue weighted by molar-refractivity contribution is -1.02. The lowest BCUT2D eigenvalue weighted by Gasteiger charge is -2.29. The van der Waals surface area contributed by atoms with E-state index in [1.807, 2.05) is 12.3 Å². The molecule has 1 aliphatic heterocycles. The molecule has 0 radical (unpaired) electrons. The number of nitrogens with zero attached hydrogens (tertiary/aromatic N) is 1. The van der Waals surface area contributed by atoms with E-state index in [0.717, 1.165) is 18.8 Å². The number of methoxy groups -OCH3 is 1. The second-order valence-corrected chi connectivity index (χ2v) is 6.02. The molecule has 0 unspecified atom stereocenters. The smallest absolute Gasteiger partial charge is 0.127 e. The summed E-state index contributed by atoms with van der Waals surface area (Å²) < 4.78 is 5.21. The number of rotatable bonds is 5. The van der Waals surface area contributed by atoms with Gasteiger partial charge in [0, 0.05) is 11.8 Å². The third kappa shape index (κ3) is 4.06. The highest BCUT2D eigenvalue weighted by Gasteiger charge is 2.23. The zero-order valence-electron chi connectivity index (χ0n) is 13.2. The van der Waals surface area contributed by atoms with Crippen LogP contribution >= 0.6 is 0 Å². The topological polar surface area (TPSA) is 31.0 Å². The maximum atomic E-state index is 5.21. The SMILES string of the molecule is COc1ccc(C[NH+]2CC[NH+](Cc3ccccn3)CC2)cc1. The van der Waals surface area contributed by atoms with Gasteiger partial charge in [-0.1, -0.05) is 6.07 Å². The molecule has 22 heavy (non-hydrogen) atoms. The van der Waals surface area contributed by atoms with E-state index in [0.29, 0.717) is 0 Å². The molecule has 0 saturated carbocycles. The van der Waals surface area contributed by atoms with E-state index >= 15 is 0 Å². The molecule has 1 saturated heterocycles. The van der Waals surface area contributed by atoms with Crippen molar-refractivity contribution in [3.63, 3.8) is 0 Å². The number of benzene rings is 1. The van der Waals surface area contributed by atoms with Crippen LogP contribution in [-0.2, 0) is 13.1 Å². The van der Waals surface area contributed by atoms with Crippen molar-refractivity contribution in [3.05, 3.63) is 59.9 Å². The average Bonchev–Trinajstić information content (AvgIpc) is 2.58. The largest absolute Gasteiger partial charge is 0.497 e. The number of aromatic nitrogens is 1. The van der Waals surface area contributed by atoms with Gasteiger partial charge in [0.2, 0.25) is 0 Å². The van der Waals surface area contributed by atoms with Gasteiger partial charge in [-0.25, -0.2) is 0 Å². The van der Waals surface area contributed by atoms with Crippen LogP contribution in [0.4, 0.5) is 0 Å². The van der Waals surface area contributed by atoms with E-state index in [1.165, 1.54) is 37.4 Å². The number of hydrogen-bond donors (Lipinski definition) is 2. The Kier molecular flexibility index (Phi) is 5.03. The van der Waals surface area contributed by atoms with Crippen molar-refractivity contribution >= 4 is 0 Å². The van der Waals surface area contributed by atoms with Gasteiger partial charge in [-0.3, -0.25) is 4.98 Å². The third-order valence-electron chi connectivity index (χ3n) is 4.43. The van der Waals surface area contributed by atoms with Crippen LogP contribution in [0.1, 0.15) is 11.3 Å². The molecule has 2 aromatic rings. The van der Waals surface area contributed by atoms with Crippen LogP contribution in [0.15, 0.2) is 48.7 Å². The molecule has 4 nitrogen and oxygen atoms in total. The Hall–Kier alpha value is -1.91. The molecule has 0 spiro atoms. The summed E-state index contributed by atoms with van der Waals surface area (Å²) in [7, 11) is 1.71. The van der Waals surface area contributed by atoms with Crippen LogP contribution < -0.4 is 14.5 Å². The Balaban J connectivity index is 1.47. The molecule has 0 bridgehead atoms. The second kappa shape index (κ2) is 7.38. The maximum Gasteiger partial charge on any atom is 0.127 e. The van der Waals surface area contributed by atoms with Crippen molar-refractivity contribution in [1.29, 1.82) is 0 Å². The summed E-state index contributed by atoms with van der Waals surface area (Å²) in [4.78, 5) is 7.76. The van der Waals surface area contributed by atoms with Crippen LogP contribution in [0.2, 0.25) is 0 Å². The van der Waals surface area contributed by atoms with Crippen LogP contribution in [-0.4, -0.2) is 38.3 Å². The monoisotopic (exact) mass is 299 g/mol. The molecule has 1 aromatic carbocycles. The fraction of sp³-hybridized carbons (Fsp3) is 0.389. The van der Waals surface area contributed by atoms with E-state index < -0.39 is 0 Å². The van der Waals surface area contributed by atoms with Gasteiger partial charge in [-0.05, 0) is 36.4 Å². The second-order valence-electron chi connectivity index (χ2n) is 6.02. The summed E-state index contributed by atoms with van der Waals surface area (Å²) in [5.41, 5.74) is 2.60. The lowest BCUT2D eigenvalue weighted by atomic mass is 10.2. The van der Waals surface area contributed by atoms with E-state index in [1.54, 1.807) is 16.9 Å². The van der Waals surface area contributed by atoms with Gasteiger partial charge >= 0.3 is 0 Å². The van der Waals surface area contributed by atoms with Gasteiger partial charge in [-0.2, -0.15) is 0 Å². The normalized spacial score (nSPS) is 21.5. The summed E-state index contributed by atoms with van der Waals surface area (Å²) in [5, 5.41) is 0. The number of hydrogen-bond acceptors (Lipinski definition) is 2. The van der Waals surface area contributed by atoms with E-state index in [2.05, 4.69) is 41.4 Å². The average molecular weight is 299 g/mol. The van der Waals surface area contributed by atoms with Crippen molar-refractivity contribution in [2.24, 2.45) is 0 Å². The van der Waals surface area contributed by atoms with Gasteiger partial charge in [-0.15, -0.1) is 0 Å². The first-order valence-electron chi connectivity index (χ1n) is 8.03. The van der Waals surface area contributed by atoms with Crippen molar-refractivity contribution in [3.8, 4) is 5.75 Å². The quantitative estimate of drug-likeness (QED) is 0.785. The van der Waals surface area contributed by atoms with Gasteiger partial charge in [0.15, 0.2) is 0 Å². The number of ether oxygens (including phenoxy) is 1. The molecule has 0 amide bonds. The summed E-state index contributed by atoms with van der Waals surface area (Å²) >= 11 is 0. The predicted octanol–water partition coefficient (Wildman–Crippen LogP) is -0.426. The molecule has 4 heteroatoms. The fourth-order valence-electron chi connectivity index (χ4n) is 3.10. The fourth-order valence-corrected chi connectivity index (χ4v) is 3.10. The summed E-state index contributed by atoms with van der Waals surface area (Å²) in [6.07, 6.45) is 1.89. The first-order chi connectivity index (χ1) is 10.8. The summed E-state index contributed by atoms with van der Waals surface area (Å²) in [5.74, 6) is 0.934. The van der Waals surface area contributed by atoms with Gasteiger partial charge in [0.1, 0.15) is 45.0 Å². The van der Waals surface area contributed by atoms with Gasteiger partial charge in [0.05, 0.1) is 12.8 Å². The van der Waals surface area contributed by atoms with E-state index in [4.69, 9.17) is 4.74 Å². The molecule has 3 rings (SSSR count). The Labute approximate surface area is 132 Å². The highest BCUT2D eigenvalue weighted by Crippen LogP contribution is 2.10. The molecule has 0 aliphatic carbocycles. The van der Waals surface area contributed by atoms with Crippen LogP contribution in [0, 0.1) is 0 Å². The standard InChI is InChI=1S/C18H23N3O/c1-22-18-7-5-16(6-8-18)14-20-10-12-21(13-11-20)15-17-4-2-3-9-19-17/h2-9H,10-15H2,1H3/p+2. The van der Waals surface area contributed by atoms with Gasteiger partial charge < -0.3 is 14.5 Å². The number of nitrogens with one attached hydrogen (secondary N) is 2. The zero-order chi connectivity index (χ0) is 15.2. The van der Waals surface area contributed by atoms with Crippen LogP contribution in [0.5, 0.6) is 5.75 Å². The third-order valence-corrected chi connectivity index (χ3v) is 4.43. The van der Waals surface area contributed by atoms with Crippen LogP contribution in [0.3, 0.4) is 0 Å². The first-order valence-corrected chi connectivity index (χ1v) is 8.03. The maximum absolute atomic E-state index is 5.21. The van der Waals surface area contributed by atoms with E-state index in [-0.39, 0.29) is 0 Å². The molecule has 2 N–H and O–H groups in total. The first kappa shape index (κ1) is 15.0. The minimum absolute atomic E-state index is 0.934. The highest BCUT2D eigenvalue weighted by molar-refractivity contribution is 5.26. The Bertz CT molecular complexity index is 563. The Morgan fingerprint density at radius 3 is 2.18 bits per heavy atom. The molecule has 0 atom stereocenters. The minimum atomic E-state index is 0.934. The summed E-state index contributed by atoms with van der Waals surface area (Å²) in [6.45, 7) is 7.07. The minimum Gasteiger partial charge on any atom is -0.497 e. The van der Waals surface area contributed by atoms with Gasteiger partial charge in [0.25, 0.3) is 0 Å². The molecular formula is C18H25N3O+2. The summed E-state index contributed by atoms with van der Waals surface area (Å²) in [6, 6.07) is 14.7. The van der Waals surface area contributed by atoms with Crippen molar-refractivity contribution in [1.82, 2.24) is 4.98 Å². The zero-order valence-corrected chi connectivity index (χ0v) is 13.2. The molecule has 1 aliphatic rings. The highest BCUT2D eigenvalue weighted by atomic mass is 16.5. The lowest BCUT2D eigenvalue weighted by Crippen LogP contribution is -3.27. The number of quaternary nitrogens is 2. The Morgan fingerprint density at radius 2 is 1.59 bits per heavy atom. The molecule has 116 valence electrons. The molecule has 1 fully saturated rings. The number of pyridine rings is 1. The van der Waals surface area contributed by atoms with Crippen molar-refractivity contribution in [2.75, 3.05) is 33.3 Å². The molecule has 2 heterocycles. The Morgan fingerprint density at radius 1 is 0.909 bits per heavy atom. The molecule has 1 aromatic heterocycles. The molecular weight excluding hydrogens is 274 g/mol.